The van der Waals surface area contributed by atoms with E-state index in [4.69, 9.17) is 4.52 Å². The molecule has 1 saturated heterocycles. The Hall–Kier alpha value is -3.50. The van der Waals surface area contributed by atoms with Crippen LogP contribution >= 0.6 is 0 Å². The summed E-state index contributed by atoms with van der Waals surface area (Å²) in [5, 5.41) is 4.16. The van der Waals surface area contributed by atoms with E-state index < -0.39 is 0 Å². The van der Waals surface area contributed by atoms with Crippen LogP contribution in [0.25, 0.3) is 11.2 Å². The van der Waals surface area contributed by atoms with Gasteiger partial charge in [-0.15, -0.1) is 0 Å². The Balaban J connectivity index is 1.18. The first-order chi connectivity index (χ1) is 15.0. The highest BCUT2D eigenvalue weighted by Gasteiger charge is 2.58. The van der Waals surface area contributed by atoms with Crippen molar-refractivity contribution in [2.45, 2.75) is 12.5 Å². The van der Waals surface area contributed by atoms with Crippen molar-refractivity contribution >= 4 is 30.4 Å². The van der Waals surface area contributed by atoms with Crippen LogP contribution in [-0.2, 0) is 13.6 Å². The molecule has 4 aromatic rings. The smallest absolute Gasteiger partial charge is 0.280 e. The van der Waals surface area contributed by atoms with Crippen molar-refractivity contribution in [3.63, 3.8) is 0 Å². The third kappa shape index (κ3) is 2.87. The van der Waals surface area contributed by atoms with Crippen molar-refractivity contribution in [1.29, 1.82) is 0 Å². The molecule has 0 N–H and O–H groups in total. The predicted molar refractivity (Wildman–Crippen MR) is 113 cm³/mol. The molecule has 9 nitrogen and oxygen atoms in total. The zero-order chi connectivity index (χ0) is 21.3. The summed E-state index contributed by atoms with van der Waals surface area (Å²) >= 11 is 0. The quantitative estimate of drug-likeness (QED) is 0.423. The second-order valence-electron chi connectivity index (χ2n) is 8.35. The van der Waals surface area contributed by atoms with Gasteiger partial charge >= 0.3 is 0 Å². The first-order valence-corrected chi connectivity index (χ1v) is 10.2. The van der Waals surface area contributed by atoms with Crippen LogP contribution in [0.5, 0.6) is 0 Å². The van der Waals surface area contributed by atoms with Gasteiger partial charge in [-0.25, -0.2) is 14.4 Å². The van der Waals surface area contributed by atoms with Crippen molar-refractivity contribution in [2.24, 2.45) is 18.9 Å². The van der Waals surface area contributed by atoms with Gasteiger partial charge in [-0.3, -0.25) is 9.36 Å². The van der Waals surface area contributed by atoms with E-state index in [1.165, 1.54) is 17.0 Å². The van der Waals surface area contributed by atoms with Gasteiger partial charge in [-0.1, -0.05) is 11.2 Å². The average Bonchev–Trinajstić information content (AvgIpc) is 3.12. The van der Waals surface area contributed by atoms with Crippen molar-refractivity contribution in [2.75, 3.05) is 18.0 Å². The first-order valence-electron chi connectivity index (χ1n) is 10.2. The lowest BCUT2D eigenvalue weighted by Crippen LogP contribution is -2.24. The maximum absolute atomic E-state index is 13.5. The van der Waals surface area contributed by atoms with Gasteiger partial charge < -0.3 is 14.0 Å². The highest BCUT2D eigenvalue weighted by Crippen LogP contribution is 2.57. The lowest BCUT2D eigenvalue weighted by atomic mass is 10.1. The fraction of sp³-hybridized carbons (Fsp3) is 0.350. The Morgan fingerprint density at radius 1 is 1.26 bits per heavy atom. The van der Waals surface area contributed by atoms with E-state index in [0.717, 1.165) is 24.5 Å². The molecular weight excluding hydrogens is 400 g/mol. The second kappa shape index (κ2) is 6.50. The van der Waals surface area contributed by atoms with Crippen molar-refractivity contribution in [1.82, 2.24) is 29.2 Å². The lowest BCUT2D eigenvalue weighted by Gasteiger charge is -2.21. The van der Waals surface area contributed by atoms with E-state index in [-0.39, 0.29) is 23.8 Å². The largest absolute Gasteiger partial charge is 0.371 e. The first kappa shape index (κ1) is 18.3. The fourth-order valence-electron chi connectivity index (χ4n) is 4.75. The van der Waals surface area contributed by atoms with Crippen molar-refractivity contribution in [3.05, 3.63) is 58.5 Å². The molecule has 0 unspecified atom stereocenters. The van der Waals surface area contributed by atoms with Crippen LogP contribution in [0.4, 0.5) is 10.1 Å². The van der Waals surface area contributed by atoms with Gasteiger partial charge in [0.15, 0.2) is 24.8 Å². The number of benzene rings is 1. The van der Waals surface area contributed by atoms with Crippen LogP contribution in [0.3, 0.4) is 0 Å². The monoisotopic (exact) mass is 419 g/mol. The molecule has 0 amide bonds. The van der Waals surface area contributed by atoms with E-state index in [2.05, 4.69) is 25.0 Å². The number of halogens is 1. The summed E-state index contributed by atoms with van der Waals surface area (Å²) in [7, 11) is 3.62. The lowest BCUT2D eigenvalue weighted by molar-refractivity contribution is 0.363. The molecule has 0 radical (unpaired) electrons. The fourth-order valence-corrected chi connectivity index (χ4v) is 4.75. The average molecular weight is 419 g/mol. The molecule has 1 aliphatic heterocycles. The number of imidazole rings is 1. The Morgan fingerprint density at radius 2 is 2.06 bits per heavy atom. The number of piperidine rings is 1. The Morgan fingerprint density at radius 3 is 2.84 bits per heavy atom. The van der Waals surface area contributed by atoms with Gasteiger partial charge in [0, 0.05) is 31.7 Å². The van der Waals surface area contributed by atoms with E-state index in [9.17, 15) is 9.18 Å². The molecule has 2 fully saturated rings. The molecule has 2 aliphatic rings. The Kier molecular flexibility index (Phi) is 3.83. The molecule has 156 valence electrons. The number of hydrogen-bond donors (Lipinski definition) is 0. The van der Waals surface area contributed by atoms with Gasteiger partial charge in [0.2, 0.25) is 5.89 Å². The predicted octanol–water partition coefficient (Wildman–Crippen LogP) is -0.191. The molecule has 3 aromatic heterocycles. The molecule has 11 heteroatoms. The van der Waals surface area contributed by atoms with Gasteiger partial charge in [0.1, 0.15) is 18.7 Å². The SMILES string of the molecule is Bc1nc2ncn(Cc3nc([C@H]4[C@@H]5CN(c6cccc(F)c6)C[C@@H]54)no3)c(=O)c2n1C. The summed E-state index contributed by atoms with van der Waals surface area (Å²) in [6, 6.07) is 6.69. The molecule has 0 spiro atoms. The summed E-state index contributed by atoms with van der Waals surface area (Å²) in [5.41, 5.74) is 2.33. The van der Waals surface area contributed by atoms with Crippen LogP contribution in [0.2, 0.25) is 0 Å². The van der Waals surface area contributed by atoms with Crippen LogP contribution in [0, 0.1) is 17.7 Å². The minimum absolute atomic E-state index is 0.163. The molecule has 1 aromatic carbocycles. The number of aromatic nitrogens is 6. The highest BCUT2D eigenvalue weighted by atomic mass is 19.1. The molecule has 0 bridgehead atoms. The molecule has 4 heterocycles. The number of nitrogens with zero attached hydrogens (tertiary/aromatic N) is 7. The van der Waals surface area contributed by atoms with Crippen LogP contribution in [-0.4, -0.2) is 50.2 Å². The topological polar surface area (TPSA) is 94.9 Å². The number of hydrogen-bond acceptors (Lipinski definition) is 7. The molecule has 31 heavy (non-hydrogen) atoms. The Labute approximate surface area is 176 Å². The minimum atomic E-state index is -0.221. The van der Waals surface area contributed by atoms with E-state index in [1.807, 2.05) is 13.9 Å². The molecule has 3 atom stereocenters. The standard InChI is InChI=1S/C20H19BFN7O2/c1-27-16-18(25-20(27)21)23-9-29(19(16)30)8-14-24-17(26-31-14)15-12-6-28(7-13(12)15)11-4-2-3-10(22)5-11/h2-5,9,12-13,15H,6-8,21H2,1H3/t12-,13+,15+. The van der Waals surface area contributed by atoms with E-state index in [0.29, 0.717) is 34.7 Å². The summed E-state index contributed by atoms with van der Waals surface area (Å²) < 4.78 is 22.1. The number of fused-ring (bicyclic) bond motifs is 2. The second-order valence-corrected chi connectivity index (χ2v) is 8.35. The van der Waals surface area contributed by atoms with Gasteiger partial charge in [0.25, 0.3) is 5.56 Å². The zero-order valence-corrected chi connectivity index (χ0v) is 17.1. The van der Waals surface area contributed by atoms with Gasteiger partial charge in [-0.2, -0.15) is 4.98 Å². The van der Waals surface area contributed by atoms with Crippen molar-refractivity contribution in [3.8, 4) is 0 Å². The molecule has 1 aliphatic carbocycles. The van der Waals surface area contributed by atoms with Crippen LogP contribution in [0.1, 0.15) is 17.6 Å². The maximum atomic E-state index is 13.5. The number of aryl methyl sites for hydroxylation is 1. The van der Waals surface area contributed by atoms with Crippen molar-refractivity contribution < 1.29 is 8.91 Å². The normalized spacial score (nSPS) is 22.3. The third-order valence-corrected chi connectivity index (χ3v) is 6.54. The van der Waals surface area contributed by atoms with Gasteiger partial charge in [0.05, 0.1) is 5.72 Å². The minimum Gasteiger partial charge on any atom is -0.371 e. The third-order valence-electron chi connectivity index (χ3n) is 6.54. The van der Waals surface area contributed by atoms with E-state index >= 15 is 0 Å². The van der Waals surface area contributed by atoms with E-state index in [1.54, 1.807) is 23.7 Å². The number of rotatable bonds is 4. The molecule has 6 rings (SSSR count). The highest BCUT2D eigenvalue weighted by molar-refractivity contribution is 6.30. The summed E-state index contributed by atoms with van der Waals surface area (Å²) in [6.45, 7) is 1.86. The summed E-state index contributed by atoms with van der Waals surface area (Å²) in [5.74, 6) is 1.96. The molecule has 1 saturated carbocycles. The van der Waals surface area contributed by atoms with Crippen LogP contribution in [0.15, 0.2) is 39.9 Å². The zero-order valence-electron chi connectivity index (χ0n) is 17.1. The summed E-state index contributed by atoms with van der Waals surface area (Å²) in [4.78, 5) is 28.1. The number of anilines is 1. The van der Waals surface area contributed by atoms with Gasteiger partial charge in [-0.05, 0) is 30.0 Å². The molecular formula is C20H19BFN7O2. The van der Waals surface area contributed by atoms with Crippen LogP contribution < -0.4 is 16.2 Å². The maximum Gasteiger partial charge on any atom is 0.280 e. The Bertz CT molecular complexity index is 1370. The summed E-state index contributed by atoms with van der Waals surface area (Å²) in [6.07, 6.45) is 1.46.